The largest absolute Gasteiger partial charge is 0.507 e. The van der Waals surface area contributed by atoms with Crippen molar-refractivity contribution in [3.63, 3.8) is 0 Å². The van der Waals surface area contributed by atoms with Crippen LogP contribution < -0.4 is 10.6 Å². The Morgan fingerprint density at radius 2 is 1.69 bits per heavy atom. The van der Waals surface area contributed by atoms with Gasteiger partial charge in [-0.1, -0.05) is 49.6 Å². The Morgan fingerprint density at radius 1 is 1.00 bits per heavy atom. The Kier molecular flexibility index (Phi) is 13.8. The topological polar surface area (TPSA) is 218 Å². The molecular weight excluding hydrogens is 748 g/mol. The van der Waals surface area contributed by atoms with Crippen LogP contribution in [0.15, 0.2) is 42.5 Å². The van der Waals surface area contributed by atoms with Crippen LogP contribution in [0.3, 0.4) is 0 Å². The zero-order valence-electron chi connectivity index (χ0n) is 33.8. The number of aliphatic hydroxyl groups is 3. The van der Waals surface area contributed by atoms with Crippen LogP contribution in [0.5, 0.6) is 5.75 Å². The average molecular weight is 809 g/mol. The van der Waals surface area contributed by atoms with Gasteiger partial charge in [-0.15, -0.1) is 0 Å². The number of likely N-dealkylation sites (tertiary alicyclic amines) is 1. The van der Waals surface area contributed by atoms with Crippen molar-refractivity contribution in [3.05, 3.63) is 64.7 Å². The minimum atomic E-state index is -2.03. The molecule has 0 aromatic heterocycles. The SMILES string of the molecule is CC(=O)N[C@H]1[C@H]([C@H](O)[C@H](O)CNC(=O)c2cc(C)c(O)c(C)c2)O[C@@](CCN2CCOC[C@@]23CCN(C(=O)C(c2ccccc2)C2CCCCC2)C3)(C(=O)O)C[C@@H]1O. The van der Waals surface area contributed by atoms with Gasteiger partial charge in [-0.25, -0.2) is 4.79 Å². The molecule has 0 radical (unpaired) electrons. The van der Waals surface area contributed by atoms with Gasteiger partial charge in [0.2, 0.25) is 11.8 Å². The third kappa shape index (κ3) is 9.35. The highest BCUT2D eigenvalue weighted by Gasteiger charge is 2.56. The molecule has 7 N–H and O–H groups in total. The standard InChI is InChI=1S/C43H60N4O11/c1-26-20-31(21-27(2)36(26)51)39(53)44-23-33(50)37(52)38-35(45-28(3)48)32(49)22-43(58-38,41(55)56)15-17-47-18-19-57-25-42(47)14-16-46(24-42)40(54)34(29-10-6-4-7-11-29)30-12-8-5-9-13-30/h4,6-7,10-11,20-21,30,32-35,37-38,49-52H,5,8-9,12-19,22-25H2,1-3H3,(H,44,53)(H,45,48)(H,55,56)/t32-,33+,34?,35+,37+,38+,42-,43+/m0/s1. The van der Waals surface area contributed by atoms with Gasteiger partial charge in [0.1, 0.15) is 18.0 Å². The smallest absolute Gasteiger partial charge is 0.336 e. The van der Waals surface area contributed by atoms with E-state index in [1.807, 2.05) is 35.2 Å². The van der Waals surface area contributed by atoms with Gasteiger partial charge < -0.3 is 50.5 Å². The molecule has 0 bridgehead atoms. The first-order valence-electron chi connectivity index (χ1n) is 20.6. The number of aryl methyl sites for hydroxylation is 2. The first-order chi connectivity index (χ1) is 27.6. The Labute approximate surface area is 339 Å². The molecule has 1 spiro atoms. The summed E-state index contributed by atoms with van der Waals surface area (Å²) < 4.78 is 12.3. The molecule has 8 atom stereocenters. The van der Waals surface area contributed by atoms with Crippen LogP contribution in [0.2, 0.25) is 0 Å². The lowest BCUT2D eigenvalue weighted by Gasteiger charge is -2.49. The van der Waals surface area contributed by atoms with Crippen LogP contribution in [-0.4, -0.2) is 147 Å². The van der Waals surface area contributed by atoms with E-state index < -0.39 is 72.3 Å². The van der Waals surface area contributed by atoms with E-state index in [0.29, 0.717) is 50.4 Å². The molecule has 1 saturated carbocycles. The van der Waals surface area contributed by atoms with E-state index in [-0.39, 0.29) is 42.0 Å². The maximum atomic E-state index is 14.5. The fourth-order valence-corrected chi connectivity index (χ4v) is 9.68. The van der Waals surface area contributed by atoms with Gasteiger partial charge in [0.15, 0.2) is 5.60 Å². The average Bonchev–Trinajstić information content (AvgIpc) is 3.63. The van der Waals surface area contributed by atoms with Crippen LogP contribution in [0.1, 0.15) is 91.3 Å². The number of carboxylic acid groups (broad SMARTS) is 1. The molecule has 3 aliphatic heterocycles. The van der Waals surface area contributed by atoms with Crippen LogP contribution in [0.25, 0.3) is 0 Å². The number of nitrogens with one attached hydrogen (secondary N) is 2. The van der Waals surface area contributed by atoms with E-state index in [1.165, 1.54) is 25.5 Å². The second kappa shape index (κ2) is 18.4. The van der Waals surface area contributed by atoms with Crippen molar-refractivity contribution in [2.45, 2.75) is 120 Å². The third-order valence-electron chi connectivity index (χ3n) is 12.9. The number of carbonyl (C=O) groups excluding carboxylic acids is 3. The van der Waals surface area contributed by atoms with Crippen molar-refractivity contribution >= 4 is 23.7 Å². The molecule has 1 aliphatic carbocycles. The predicted octanol–water partition coefficient (Wildman–Crippen LogP) is 2.00. The van der Waals surface area contributed by atoms with E-state index in [4.69, 9.17) is 9.47 Å². The number of ether oxygens (including phenoxy) is 2. The fourth-order valence-electron chi connectivity index (χ4n) is 9.68. The number of carbonyl (C=O) groups is 4. The summed E-state index contributed by atoms with van der Waals surface area (Å²) in [6.45, 7) is 6.40. The number of aliphatic carboxylic acids is 1. The quantitative estimate of drug-likeness (QED) is 0.155. The van der Waals surface area contributed by atoms with Crippen molar-refractivity contribution < 1.29 is 54.2 Å². The molecule has 2 aromatic rings. The van der Waals surface area contributed by atoms with Crippen LogP contribution in [0, 0.1) is 19.8 Å². The first kappa shape index (κ1) is 43.5. The summed E-state index contributed by atoms with van der Waals surface area (Å²) in [4.78, 5) is 56.9. The molecule has 3 saturated heterocycles. The Hall–Kier alpha value is -4.12. The number of aliphatic hydroxyl groups excluding tert-OH is 3. The Balaban J connectivity index is 1.17. The number of carboxylic acids is 1. The summed E-state index contributed by atoms with van der Waals surface area (Å²) >= 11 is 0. The van der Waals surface area contributed by atoms with Crippen LogP contribution >= 0.6 is 0 Å². The van der Waals surface area contributed by atoms with E-state index in [2.05, 4.69) is 15.5 Å². The van der Waals surface area contributed by atoms with E-state index in [9.17, 15) is 44.7 Å². The lowest BCUT2D eigenvalue weighted by molar-refractivity contribution is -0.231. The number of rotatable bonds is 13. The maximum Gasteiger partial charge on any atom is 0.336 e. The summed E-state index contributed by atoms with van der Waals surface area (Å²) in [5, 5.41) is 59.9. The van der Waals surface area contributed by atoms with Gasteiger partial charge in [-0.05, 0) is 67.9 Å². The predicted molar refractivity (Wildman–Crippen MR) is 212 cm³/mol. The number of aromatic hydroxyl groups is 1. The highest BCUT2D eigenvalue weighted by Crippen LogP contribution is 2.41. The molecule has 4 fully saturated rings. The van der Waals surface area contributed by atoms with Gasteiger partial charge in [0.25, 0.3) is 5.91 Å². The second-order valence-corrected chi connectivity index (χ2v) is 16.9. The number of morpholine rings is 1. The second-order valence-electron chi connectivity index (χ2n) is 16.9. The zero-order valence-corrected chi connectivity index (χ0v) is 33.8. The van der Waals surface area contributed by atoms with Crippen molar-refractivity contribution in [3.8, 4) is 5.75 Å². The fraction of sp³-hybridized carbons (Fsp3) is 0.628. The molecule has 318 valence electrons. The summed E-state index contributed by atoms with van der Waals surface area (Å²) in [6, 6.07) is 11.7. The summed E-state index contributed by atoms with van der Waals surface area (Å²) in [5.74, 6) is -2.36. The molecule has 15 heteroatoms. The summed E-state index contributed by atoms with van der Waals surface area (Å²) in [5.41, 5.74) is -0.404. The van der Waals surface area contributed by atoms with Crippen molar-refractivity contribution in [1.82, 2.24) is 20.4 Å². The molecule has 3 heterocycles. The van der Waals surface area contributed by atoms with Gasteiger partial charge >= 0.3 is 5.97 Å². The van der Waals surface area contributed by atoms with Gasteiger partial charge in [-0.3, -0.25) is 19.3 Å². The monoisotopic (exact) mass is 808 g/mol. The van der Waals surface area contributed by atoms with Gasteiger partial charge in [0.05, 0.1) is 42.9 Å². The van der Waals surface area contributed by atoms with Crippen molar-refractivity contribution in [2.24, 2.45) is 5.92 Å². The summed E-state index contributed by atoms with van der Waals surface area (Å²) in [7, 11) is 0. The maximum absolute atomic E-state index is 14.5. The van der Waals surface area contributed by atoms with Crippen molar-refractivity contribution in [1.29, 1.82) is 0 Å². The van der Waals surface area contributed by atoms with Crippen LogP contribution in [-0.2, 0) is 23.9 Å². The van der Waals surface area contributed by atoms with E-state index >= 15 is 0 Å². The Bertz CT molecular complexity index is 1770. The first-order valence-corrected chi connectivity index (χ1v) is 20.6. The lowest BCUT2D eigenvalue weighted by atomic mass is 9.76. The number of hydrogen-bond donors (Lipinski definition) is 7. The molecule has 2 aromatic carbocycles. The number of benzene rings is 2. The van der Waals surface area contributed by atoms with Gasteiger partial charge in [0, 0.05) is 58.1 Å². The zero-order chi connectivity index (χ0) is 41.8. The molecular formula is C43H60N4O11. The number of nitrogens with zero attached hydrogens (tertiary/aromatic N) is 2. The molecule has 6 rings (SSSR count). The molecule has 58 heavy (non-hydrogen) atoms. The Morgan fingerprint density at radius 3 is 2.34 bits per heavy atom. The molecule has 1 unspecified atom stereocenters. The number of phenolic OH excluding ortho intramolecular Hbond substituents is 1. The lowest BCUT2D eigenvalue weighted by Crippen LogP contribution is -2.68. The van der Waals surface area contributed by atoms with Crippen LogP contribution in [0.4, 0.5) is 0 Å². The highest BCUT2D eigenvalue weighted by atomic mass is 16.6. The molecule has 3 amide bonds. The third-order valence-corrected chi connectivity index (χ3v) is 12.9. The molecule has 4 aliphatic rings. The number of hydrogen-bond acceptors (Lipinski definition) is 11. The normalized spacial score (nSPS) is 28.4. The van der Waals surface area contributed by atoms with E-state index in [1.54, 1.807) is 13.8 Å². The minimum Gasteiger partial charge on any atom is -0.507 e. The van der Waals surface area contributed by atoms with Gasteiger partial charge in [-0.2, -0.15) is 0 Å². The summed E-state index contributed by atoms with van der Waals surface area (Å²) in [6.07, 6.45) is -1.11. The number of amides is 3. The minimum absolute atomic E-state index is 0.0527. The van der Waals surface area contributed by atoms with Crippen molar-refractivity contribution in [2.75, 3.05) is 45.9 Å². The number of phenols is 1. The molecule has 15 nitrogen and oxygen atoms in total. The highest BCUT2D eigenvalue weighted by molar-refractivity contribution is 5.95. The van der Waals surface area contributed by atoms with E-state index in [0.717, 1.165) is 31.2 Å².